The van der Waals surface area contributed by atoms with Crippen LogP contribution in [0.4, 0.5) is 4.39 Å². The highest BCUT2D eigenvalue weighted by molar-refractivity contribution is 6.31. The normalized spacial score (nSPS) is 22.1. The molecular weight excluding hydrogens is 307 g/mol. The van der Waals surface area contributed by atoms with Crippen molar-refractivity contribution in [1.82, 2.24) is 10.6 Å². The van der Waals surface area contributed by atoms with Crippen molar-refractivity contribution >= 4 is 23.4 Å². The number of hydrogen-bond donors (Lipinski definition) is 2. The fourth-order valence-electron chi connectivity index (χ4n) is 2.75. The Bertz CT molecular complexity index is 604. The summed E-state index contributed by atoms with van der Waals surface area (Å²) >= 11 is 6.07. The van der Waals surface area contributed by atoms with Gasteiger partial charge < -0.3 is 10.6 Å². The van der Waals surface area contributed by atoms with Gasteiger partial charge in [0.2, 0.25) is 11.8 Å². The van der Waals surface area contributed by atoms with E-state index in [0.717, 1.165) is 0 Å². The minimum atomic E-state index is -0.771. The molecule has 0 radical (unpaired) electrons. The maximum atomic E-state index is 13.2. The van der Waals surface area contributed by atoms with Crippen molar-refractivity contribution < 1.29 is 14.0 Å². The van der Waals surface area contributed by atoms with Crippen LogP contribution < -0.4 is 10.6 Å². The van der Waals surface area contributed by atoms with E-state index in [1.54, 1.807) is 19.9 Å². The van der Waals surface area contributed by atoms with Gasteiger partial charge in [0.25, 0.3) is 0 Å². The van der Waals surface area contributed by atoms with Gasteiger partial charge in [-0.3, -0.25) is 9.59 Å². The highest BCUT2D eigenvalue weighted by Gasteiger charge is 2.33. The van der Waals surface area contributed by atoms with E-state index in [2.05, 4.69) is 10.6 Å². The quantitative estimate of drug-likeness (QED) is 0.897. The second-order valence-electron chi connectivity index (χ2n) is 6.40. The van der Waals surface area contributed by atoms with E-state index >= 15 is 0 Å². The van der Waals surface area contributed by atoms with Crippen LogP contribution in [0.2, 0.25) is 5.02 Å². The van der Waals surface area contributed by atoms with E-state index in [0.29, 0.717) is 18.4 Å². The number of amides is 2. The molecule has 0 aromatic heterocycles. The SMILES string of the molecule is C[C@@H]1CC(=O)N[C@H](C(=O)NC(C)(C)c2ccc(F)cc2Cl)C1. The smallest absolute Gasteiger partial charge is 0.243 e. The van der Waals surface area contributed by atoms with Crippen LogP contribution in [0.5, 0.6) is 0 Å². The van der Waals surface area contributed by atoms with Crippen molar-refractivity contribution in [3.05, 3.63) is 34.6 Å². The van der Waals surface area contributed by atoms with Crippen LogP contribution in [0, 0.1) is 11.7 Å². The topological polar surface area (TPSA) is 58.2 Å². The average molecular weight is 327 g/mol. The van der Waals surface area contributed by atoms with Gasteiger partial charge in [0.15, 0.2) is 0 Å². The minimum Gasteiger partial charge on any atom is -0.345 e. The first-order valence-electron chi connectivity index (χ1n) is 7.26. The standard InChI is InChI=1S/C16H20ClFN2O2/c1-9-6-13(19-14(21)7-9)15(22)20-16(2,3)11-5-4-10(18)8-12(11)17/h4-5,8-9,13H,6-7H2,1-3H3,(H,19,21)(H,20,22)/t9-,13-/m0/s1. The van der Waals surface area contributed by atoms with Crippen LogP contribution in [0.15, 0.2) is 18.2 Å². The van der Waals surface area contributed by atoms with Crippen molar-refractivity contribution in [3.8, 4) is 0 Å². The van der Waals surface area contributed by atoms with Crippen molar-refractivity contribution in [2.75, 3.05) is 0 Å². The lowest BCUT2D eigenvalue weighted by atomic mass is 9.90. The summed E-state index contributed by atoms with van der Waals surface area (Å²) in [4.78, 5) is 24.0. The van der Waals surface area contributed by atoms with E-state index in [-0.39, 0.29) is 22.8 Å². The molecule has 4 nitrogen and oxygen atoms in total. The van der Waals surface area contributed by atoms with Gasteiger partial charge in [-0.15, -0.1) is 0 Å². The second kappa shape index (κ2) is 6.24. The van der Waals surface area contributed by atoms with Gasteiger partial charge in [0.1, 0.15) is 11.9 Å². The summed E-state index contributed by atoms with van der Waals surface area (Å²) in [5, 5.41) is 5.84. The van der Waals surface area contributed by atoms with Crippen molar-refractivity contribution in [2.45, 2.75) is 45.2 Å². The number of nitrogens with one attached hydrogen (secondary N) is 2. The molecule has 0 saturated carbocycles. The number of piperidine rings is 1. The molecule has 2 N–H and O–H groups in total. The Balaban J connectivity index is 2.13. The molecule has 0 bridgehead atoms. The Labute approximate surface area is 134 Å². The first-order valence-corrected chi connectivity index (χ1v) is 7.64. The number of carbonyl (C=O) groups excluding carboxylic acids is 2. The van der Waals surface area contributed by atoms with Crippen LogP contribution in [0.1, 0.15) is 39.2 Å². The van der Waals surface area contributed by atoms with Crippen LogP contribution in [0.3, 0.4) is 0 Å². The molecule has 0 spiro atoms. The fourth-order valence-corrected chi connectivity index (χ4v) is 3.15. The molecule has 0 aliphatic carbocycles. The molecule has 2 amide bonds. The molecule has 2 rings (SSSR count). The zero-order chi connectivity index (χ0) is 16.5. The van der Waals surface area contributed by atoms with E-state index in [4.69, 9.17) is 11.6 Å². The molecule has 22 heavy (non-hydrogen) atoms. The lowest BCUT2D eigenvalue weighted by Crippen LogP contribution is -2.54. The van der Waals surface area contributed by atoms with E-state index < -0.39 is 17.4 Å². The van der Waals surface area contributed by atoms with E-state index in [1.165, 1.54) is 12.1 Å². The molecule has 120 valence electrons. The third-order valence-electron chi connectivity index (χ3n) is 3.86. The van der Waals surface area contributed by atoms with Crippen molar-refractivity contribution in [3.63, 3.8) is 0 Å². The summed E-state index contributed by atoms with van der Waals surface area (Å²) in [5.74, 6) is -0.631. The predicted molar refractivity (Wildman–Crippen MR) is 82.9 cm³/mol. The molecule has 1 aromatic rings. The Hall–Kier alpha value is -1.62. The van der Waals surface area contributed by atoms with Gasteiger partial charge in [0, 0.05) is 11.4 Å². The van der Waals surface area contributed by atoms with Crippen molar-refractivity contribution in [2.24, 2.45) is 5.92 Å². The Morgan fingerprint density at radius 3 is 2.73 bits per heavy atom. The van der Waals surface area contributed by atoms with Gasteiger partial charge in [-0.05, 0) is 43.9 Å². The van der Waals surface area contributed by atoms with E-state index in [9.17, 15) is 14.0 Å². The van der Waals surface area contributed by atoms with Crippen LogP contribution >= 0.6 is 11.6 Å². The summed E-state index contributed by atoms with van der Waals surface area (Å²) in [6.07, 6.45) is 1.04. The number of halogens is 2. The molecule has 1 heterocycles. The van der Waals surface area contributed by atoms with Gasteiger partial charge in [-0.2, -0.15) is 0 Å². The van der Waals surface area contributed by atoms with Gasteiger partial charge >= 0.3 is 0 Å². The zero-order valence-corrected chi connectivity index (χ0v) is 13.6. The number of rotatable bonds is 3. The summed E-state index contributed by atoms with van der Waals surface area (Å²) in [6.45, 7) is 5.52. The molecule has 1 aliphatic rings. The number of hydrogen-bond acceptors (Lipinski definition) is 2. The molecule has 0 unspecified atom stereocenters. The van der Waals surface area contributed by atoms with Crippen LogP contribution in [-0.4, -0.2) is 17.9 Å². The second-order valence-corrected chi connectivity index (χ2v) is 6.81. The summed E-state index contributed by atoms with van der Waals surface area (Å²) < 4.78 is 13.2. The molecule has 1 aromatic carbocycles. The van der Waals surface area contributed by atoms with Crippen LogP contribution in [-0.2, 0) is 15.1 Å². The molecule has 1 fully saturated rings. The number of benzene rings is 1. The average Bonchev–Trinajstić information content (AvgIpc) is 2.36. The monoisotopic (exact) mass is 326 g/mol. The lowest BCUT2D eigenvalue weighted by molar-refractivity contribution is -0.133. The summed E-state index contributed by atoms with van der Waals surface area (Å²) in [7, 11) is 0. The maximum absolute atomic E-state index is 13.2. The predicted octanol–water partition coefficient (Wildman–Crippen LogP) is 2.75. The molecule has 1 aliphatic heterocycles. The van der Waals surface area contributed by atoms with Gasteiger partial charge in [-0.25, -0.2) is 4.39 Å². The molecular formula is C16H20ClFN2O2. The molecule has 6 heteroatoms. The lowest BCUT2D eigenvalue weighted by Gasteiger charge is -2.32. The Morgan fingerprint density at radius 2 is 2.14 bits per heavy atom. The fraction of sp³-hybridized carbons (Fsp3) is 0.500. The summed E-state index contributed by atoms with van der Waals surface area (Å²) in [5.41, 5.74) is -0.146. The summed E-state index contributed by atoms with van der Waals surface area (Å²) in [6, 6.07) is 3.53. The largest absolute Gasteiger partial charge is 0.345 e. The highest BCUT2D eigenvalue weighted by Crippen LogP contribution is 2.29. The molecule has 2 atom stereocenters. The number of carbonyl (C=O) groups is 2. The van der Waals surface area contributed by atoms with Gasteiger partial charge in [0.05, 0.1) is 5.54 Å². The van der Waals surface area contributed by atoms with E-state index in [1.807, 2.05) is 6.92 Å². The third-order valence-corrected chi connectivity index (χ3v) is 4.18. The third kappa shape index (κ3) is 3.77. The Morgan fingerprint density at radius 1 is 1.45 bits per heavy atom. The zero-order valence-electron chi connectivity index (χ0n) is 12.9. The highest BCUT2D eigenvalue weighted by atomic mass is 35.5. The van der Waals surface area contributed by atoms with Gasteiger partial charge in [-0.1, -0.05) is 24.6 Å². The molecule has 1 saturated heterocycles. The Kier molecular flexibility index (Phi) is 4.75. The maximum Gasteiger partial charge on any atom is 0.243 e. The minimum absolute atomic E-state index is 0.114. The van der Waals surface area contributed by atoms with Crippen molar-refractivity contribution in [1.29, 1.82) is 0 Å². The first kappa shape index (κ1) is 16.7. The first-order chi connectivity index (χ1) is 10.2. The van der Waals surface area contributed by atoms with Crippen LogP contribution in [0.25, 0.3) is 0 Å².